The lowest BCUT2D eigenvalue weighted by Crippen LogP contribution is -2.24. The molecule has 1 aliphatic heterocycles. The Morgan fingerprint density at radius 1 is 0.935 bits per heavy atom. The molecule has 0 spiro atoms. The first kappa shape index (κ1) is 20.9. The van der Waals surface area contributed by atoms with Gasteiger partial charge in [-0.25, -0.2) is 0 Å². The van der Waals surface area contributed by atoms with Crippen molar-refractivity contribution in [2.24, 2.45) is 0 Å². The van der Waals surface area contributed by atoms with Crippen LogP contribution in [0.15, 0.2) is 53.1 Å². The highest BCUT2D eigenvalue weighted by molar-refractivity contribution is 5.96. The number of carbonyl (C=O) groups excluding carboxylic acids is 1. The molecule has 1 amide bonds. The van der Waals surface area contributed by atoms with Gasteiger partial charge in [0.05, 0.1) is 11.1 Å². The quantitative estimate of drug-likeness (QED) is 0.518. The highest BCUT2D eigenvalue weighted by Gasteiger charge is 2.37. The van der Waals surface area contributed by atoms with E-state index in [2.05, 4.69) is 10.1 Å². The molecule has 4 rings (SSSR count). The van der Waals surface area contributed by atoms with Crippen molar-refractivity contribution in [2.75, 3.05) is 11.4 Å². The maximum atomic E-state index is 12.9. The van der Waals surface area contributed by atoms with Gasteiger partial charge < -0.3 is 9.42 Å². The smallest absolute Gasteiger partial charge is 0.334 e. The molecule has 1 aromatic heterocycles. The summed E-state index contributed by atoms with van der Waals surface area (Å²) in [5, 5.41) is 3.80. The predicted molar refractivity (Wildman–Crippen MR) is 95.9 cm³/mol. The summed E-state index contributed by atoms with van der Waals surface area (Å²) in [7, 11) is 0. The van der Waals surface area contributed by atoms with Crippen molar-refractivity contribution in [2.45, 2.75) is 24.7 Å². The van der Waals surface area contributed by atoms with Crippen LogP contribution in [-0.4, -0.2) is 22.6 Å². The van der Waals surface area contributed by atoms with Crippen LogP contribution in [-0.2, 0) is 17.1 Å². The average Bonchev–Trinajstić information content (AvgIpc) is 3.34. The van der Waals surface area contributed by atoms with Gasteiger partial charge in [-0.2, -0.15) is 31.3 Å². The number of benzene rings is 2. The molecule has 1 atom stereocenters. The summed E-state index contributed by atoms with van der Waals surface area (Å²) in [5.41, 5.74) is -1.32. The van der Waals surface area contributed by atoms with E-state index < -0.39 is 35.3 Å². The van der Waals surface area contributed by atoms with Gasteiger partial charge >= 0.3 is 12.4 Å². The second kappa shape index (κ2) is 7.40. The Morgan fingerprint density at radius 3 is 2.26 bits per heavy atom. The first-order valence-corrected chi connectivity index (χ1v) is 9.01. The van der Waals surface area contributed by atoms with Gasteiger partial charge in [0.25, 0.3) is 5.89 Å². The first-order chi connectivity index (χ1) is 14.5. The Hall–Kier alpha value is -3.37. The minimum Gasteiger partial charge on any atom is -0.334 e. The summed E-state index contributed by atoms with van der Waals surface area (Å²) < 4.78 is 82.0. The number of alkyl halides is 6. The van der Waals surface area contributed by atoms with E-state index in [9.17, 15) is 31.1 Å². The molecule has 31 heavy (non-hydrogen) atoms. The van der Waals surface area contributed by atoms with Gasteiger partial charge in [-0.15, -0.1) is 0 Å². The number of anilines is 1. The van der Waals surface area contributed by atoms with E-state index in [1.54, 1.807) is 0 Å². The molecule has 1 saturated heterocycles. The summed E-state index contributed by atoms with van der Waals surface area (Å²) in [6.07, 6.45) is -9.06. The Morgan fingerprint density at radius 2 is 1.61 bits per heavy atom. The highest BCUT2D eigenvalue weighted by atomic mass is 19.4. The Balaban J connectivity index is 1.52. The molecule has 162 valence electrons. The number of halogens is 6. The fourth-order valence-corrected chi connectivity index (χ4v) is 3.30. The summed E-state index contributed by atoms with van der Waals surface area (Å²) in [6.45, 7) is 0.0477. The Bertz CT molecular complexity index is 1110. The van der Waals surface area contributed by atoms with Crippen molar-refractivity contribution in [1.29, 1.82) is 0 Å². The van der Waals surface area contributed by atoms with Crippen LogP contribution in [0, 0.1) is 0 Å². The lowest BCUT2D eigenvalue weighted by Gasteiger charge is -2.18. The van der Waals surface area contributed by atoms with Crippen molar-refractivity contribution in [1.82, 2.24) is 10.1 Å². The van der Waals surface area contributed by atoms with E-state index >= 15 is 0 Å². The maximum Gasteiger partial charge on any atom is 0.416 e. The zero-order chi connectivity index (χ0) is 22.4. The lowest BCUT2D eigenvalue weighted by atomic mass is 10.1. The minimum atomic E-state index is -4.54. The average molecular weight is 441 g/mol. The summed E-state index contributed by atoms with van der Waals surface area (Å²) in [5.74, 6) is -0.800. The van der Waals surface area contributed by atoms with Crippen LogP contribution >= 0.6 is 0 Å². The van der Waals surface area contributed by atoms with Crippen LogP contribution in [0.4, 0.5) is 32.0 Å². The lowest BCUT2D eigenvalue weighted by molar-refractivity contribution is -0.138. The SMILES string of the molecule is O=C1CC(c2noc(-c3ccc(C(F)(F)F)cc3)n2)CN1c1cccc(C(F)(F)F)c1. The molecule has 1 aliphatic rings. The van der Waals surface area contributed by atoms with Crippen LogP contribution in [0.2, 0.25) is 0 Å². The van der Waals surface area contributed by atoms with Crippen LogP contribution in [0.25, 0.3) is 11.5 Å². The normalized spacial score (nSPS) is 17.4. The number of hydrogen-bond donors (Lipinski definition) is 0. The molecule has 0 aliphatic carbocycles. The summed E-state index contributed by atoms with van der Waals surface area (Å²) in [4.78, 5) is 17.8. The zero-order valence-electron chi connectivity index (χ0n) is 15.5. The second-order valence-corrected chi connectivity index (χ2v) is 6.99. The molecule has 2 heterocycles. The van der Waals surface area contributed by atoms with E-state index in [4.69, 9.17) is 4.52 Å². The third kappa shape index (κ3) is 4.25. The molecule has 0 bridgehead atoms. The summed E-state index contributed by atoms with van der Waals surface area (Å²) >= 11 is 0. The van der Waals surface area contributed by atoms with Gasteiger partial charge in [-0.3, -0.25) is 4.79 Å². The maximum absolute atomic E-state index is 12.9. The predicted octanol–water partition coefficient (Wildman–Crippen LogP) is 5.29. The largest absolute Gasteiger partial charge is 0.416 e. The van der Waals surface area contributed by atoms with Crippen LogP contribution in [0.5, 0.6) is 0 Å². The number of carbonyl (C=O) groups is 1. The van der Waals surface area contributed by atoms with Crippen molar-refractivity contribution in [3.05, 3.63) is 65.5 Å². The minimum absolute atomic E-state index is 0.0197. The van der Waals surface area contributed by atoms with Gasteiger partial charge in [-0.1, -0.05) is 11.2 Å². The van der Waals surface area contributed by atoms with E-state index in [1.165, 1.54) is 29.2 Å². The number of rotatable bonds is 3. The highest BCUT2D eigenvalue weighted by Crippen LogP contribution is 2.36. The third-order valence-electron chi connectivity index (χ3n) is 4.88. The third-order valence-corrected chi connectivity index (χ3v) is 4.88. The molecule has 0 saturated carbocycles. The van der Waals surface area contributed by atoms with Crippen LogP contribution in [0.1, 0.15) is 29.3 Å². The molecule has 0 N–H and O–H groups in total. The molecule has 5 nitrogen and oxygen atoms in total. The first-order valence-electron chi connectivity index (χ1n) is 9.01. The van der Waals surface area contributed by atoms with Gasteiger partial charge in [0.15, 0.2) is 5.82 Å². The molecule has 3 aromatic rings. The summed E-state index contributed by atoms with van der Waals surface area (Å²) in [6, 6.07) is 8.57. The molecule has 0 radical (unpaired) electrons. The molecule has 1 unspecified atom stereocenters. The zero-order valence-corrected chi connectivity index (χ0v) is 15.5. The standard InChI is InChI=1S/C20H13F6N3O2/c21-19(22,23)13-6-4-11(5-7-13)18-27-17(28-31-18)12-8-16(30)29(10-12)15-3-1-2-14(9-15)20(24,25)26/h1-7,9,12H,8,10H2. The van der Waals surface area contributed by atoms with E-state index in [-0.39, 0.29) is 35.9 Å². The molecular weight excluding hydrogens is 428 g/mol. The second-order valence-electron chi connectivity index (χ2n) is 6.99. The number of aromatic nitrogens is 2. The van der Waals surface area contributed by atoms with Crippen LogP contribution < -0.4 is 4.90 Å². The number of nitrogens with zero attached hydrogens (tertiary/aromatic N) is 3. The van der Waals surface area contributed by atoms with Gasteiger partial charge in [0.2, 0.25) is 5.91 Å². The fraction of sp³-hybridized carbons (Fsp3) is 0.250. The molecule has 2 aromatic carbocycles. The van der Waals surface area contributed by atoms with Crippen molar-refractivity contribution < 1.29 is 35.7 Å². The van der Waals surface area contributed by atoms with Gasteiger partial charge in [0, 0.05) is 30.1 Å². The van der Waals surface area contributed by atoms with E-state index in [0.29, 0.717) is 0 Å². The van der Waals surface area contributed by atoms with Crippen LogP contribution in [0.3, 0.4) is 0 Å². The van der Waals surface area contributed by atoms with E-state index in [0.717, 1.165) is 24.3 Å². The van der Waals surface area contributed by atoms with Gasteiger partial charge in [0.1, 0.15) is 0 Å². The monoisotopic (exact) mass is 441 g/mol. The number of amides is 1. The van der Waals surface area contributed by atoms with Crippen molar-refractivity contribution >= 4 is 11.6 Å². The van der Waals surface area contributed by atoms with Crippen molar-refractivity contribution in [3.8, 4) is 11.5 Å². The van der Waals surface area contributed by atoms with Crippen molar-refractivity contribution in [3.63, 3.8) is 0 Å². The number of hydrogen-bond acceptors (Lipinski definition) is 4. The fourth-order valence-electron chi connectivity index (χ4n) is 3.30. The molecule has 1 fully saturated rings. The van der Waals surface area contributed by atoms with Gasteiger partial charge in [-0.05, 0) is 42.5 Å². The Labute approximate surface area is 171 Å². The molecular formula is C20H13F6N3O2. The molecule has 11 heteroatoms. The topological polar surface area (TPSA) is 59.2 Å². The van der Waals surface area contributed by atoms with E-state index in [1.807, 2.05) is 0 Å². The Kier molecular flexibility index (Phi) is 4.98.